The minimum absolute atomic E-state index is 0.0450. The SMILES string of the molecule is COc1ccc(Cl)cc1N(CC(=O)N(Cc1ccc(F)cc1)C(C)C(=O)NC1CCCCC1)S(=O)(=O)c1ccc(C)c([N+](=O)[O-])c1. The first-order valence-electron chi connectivity index (χ1n) is 14.8. The van der Waals surface area contributed by atoms with E-state index in [0.29, 0.717) is 5.56 Å². The van der Waals surface area contributed by atoms with E-state index in [1.807, 2.05) is 0 Å². The van der Waals surface area contributed by atoms with Crippen LogP contribution in [0, 0.1) is 22.9 Å². The molecule has 2 amide bonds. The van der Waals surface area contributed by atoms with E-state index in [9.17, 15) is 32.5 Å². The van der Waals surface area contributed by atoms with Crippen LogP contribution in [0.5, 0.6) is 5.75 Å². The molecular formula is C32H36ClFN4O7S. The Bertz CT molecular complexity index is 1700. The van der Waals surface area contributed by atoms with Gasteiger partial charge in [0.2, 0.25) is 11.8 Å². The van der Waals surface area contributed by atoms with E-state index in [-0.39, 0.29) is 34.6 Å². The largest absolute Gasteiger partial charge is 0.495 e. The van der Waals surface area contributed by atoms with E-state index in [2.05, 4.69) is 5.32 Å². The molecule has 0 aromatic heterocycles. The summed E-state index contributed by atoms with van der Waals surface area (Å²) in [5.74, 6) is -1.59. The van der Waals surface area contributed by atoms with Crippen molar-refractivity contribution in [2.24, 2.45) is 0 Å². The summed E-state index contributed by atoms with van der Waals surface area (Å²) in [5.41, 5.74) is 0.245. The van der Waals surface area contributed by atoms with Gasteiger partial charge in [-0.15, -0.1) is 0 Å². The number of rotatable bonds is 12. The van der Waals surface area contributed by atoms with E-state index < -0.39 is 55.7 Å². The van der Waals surface area contributed by atoms with Crippen LogP contribution in [0.15, 0.2) is 65.6 Å². The van der Waals surface area contributed by atoms with Crippen LogP contribution in [-0.4, -0.2) is 55.8 Å². The van der Waals surface area contributed by atoms with E-state index >= 15 is 0 Å². The monoisotopic (exact) mass is 674 g/mol. The molecule has 0 heterocycles. The van der Waals surface area contributed by atoms with Crippen LogP contribution in [0.3, 0.4) is 0 Å². The number of nitro benzene ring substituents is 1. The molecule has 0 saturated heterocycles. The van der Waals surface area contributed by atoms with Crippen LogP contribution in [0.25, 0.3) is 0 Å². The highest BCUT2D eigenvalue weighted by molar-refractivity contribution is 7.92. The summed E-state index contributed by atoms with van der Waals surface area (Å²) in [6.07, 6.45) is 4.66. The molecule has 1 unspecified atom stereocenters. The number of amides is 2. The predicted molar refractivity (Wildman–Crippen MR) is 172 cm³/mol. The highest BCUT2D eigenvalue weighted by atomic mass is 35.5. The maximum atomic E-state index is 14.2. The summed E-state index contributed by atoms with van der Waals surface area (Å²) in [5, 5.41) is 14.8. The van der Waals surface area contributed by atoms with Crippen molar-refractivity contribution < 1.29 is 32.1 Å². The molecule has 11 nitrogen and oxygen atoms in total. The minimum Gasteiger partial charge on any atom is -0.495 e. The van der Waals surface area contributed by atoms with E-state index in [4.69, 9.17) is 16.3 Å². The Labute approximate surface area is 272 Å². The molecule has 1 N–H and O–H groups in total. The van der Waals surface area contributed by atoms with Gasteiger partial charge in [0.15, 0.2) is 0 Å². The number of nitrogens with one attached hydrogen (secondary N) is 1. The molecule has 4 rings (SSSR count). The molecular weight excluding hydrogens is 639 g/mol. The number of aryl methyl sites for hydroxylation is 1. The molecule has 1 fully saturated rings. The fourth-order valence-electron chi connectivity index (χ4n) is 5.38. The number of sulfonamides is 1. The summed E-state index contributed by atoms with van der Waals surface area (Å²) >= 11 is 6.26. The molecule has 0 radical (unpaired) electrons. The molecule has 246 valence electrons. The van der Waals surface area contributed by atoms with Gasteiger partial charge in [-0.2, -0.15) is 0 Å². The lowest BCUT2D eigenvalue weighted by atomic mass is 9.95. The zero-order chi connectivity index (χ0) is 33.6. The number of nitro groups is 1. The van der Waals surface area contributed by atoms with Gasteiger partial charge in [-0.25, -0.2) is 12.8 Å². The number of carbonyl (C=O) groups is 2. The number of halogens is 2. The Morgan fingerprint density at radius 3 is 2.39 bits per heavy atom. The van der Waals surface area contributed by atoms with Gasteiger partial charge < -0.3 is 15.0 Å². The van der Waals surface area contributed by atoms with Gasteiger partial charge in [-0.1, -0.05) is 49.1 Å². The van der Waals surface area contributed by atoms with E-state index in [1.165, 1.54) is 73.5 Å². The number of anilines is 1. The van der Waals surface area contributed by atoms with Crippen LogP contribution in [0.4, 0.5) is 15.8 Å². The fraction of sp³-hybridized carbons (Fsp3) is 0.375. The Hall–Kier alpha value is -4.23. The number of benzene rings is 3. The highest BCUT2D eigenvalue weighted by Gasteiger charge is 2.35. The van der Waals surface area contributed by atoms with Crippen LogP contribution in [-0.2, 0) is 26.2 Å². The lowest BCUT2D eigenvalue weighted by Crippen LogP contribution is -2.53. The Kier molecular flexibility index (Phi) is 11.2. The molecule has 0 bridgehead atoms. The molecule has 0 aliphatic heterocycles. The molecule has 1 aliphatic carbocycles. The lowest BCUT2D eigenvalue weighted by Gasteiger charge is -2.33. The maximum Gasteiger partial charge on any atom is 0.273 e. The Balaban J connectivity index is 1.77. The van der Waals surface area contributed by atoms with Crippen molar-refractivity contribution >= 4 is 44.8 Å². The van der Waals surface area contributed by atoms with E-state index in [1.54, 1.807) is 6.92 Å². The second-order valence-electron chi connectivity index (χ2n) is 11.2. The fourth-order valence-corrected chi connectivity index (χ4v) is 6.99. The maximum absolute atomic E-state index is 14.2. The zero-order valence-electron chi connectivity index (χ0n) is 25.7. The smallest absolute Gasteiger partial charge is 0.273 e. The summed E-state index contributed by atoms with van der Waals surface area (Å²) in [6, 6.07) is 12.0. The first-order chi connectivity index (χ1) is 21.8. The van der Waals surface area contributed by atoms with Gasteiger partial charge in [0, 0.05) is 29.2 Å². The Morgan fingerprint density at radius 1 is 1.09 bits per heavy atom. The molecule has 0 spiro atoms. The topological polar surface area (TPSA) is 139 Å². The molecule has 46 heavy (non-hydrogen) atoms. The lowest BCUT2D eigenvalue weighted by molar-refractivity contribution is -0.385. The van der Waals surface area contributed by atoms with Crippen molar-refractivity contribution in [3.63, 3.8) is 0 Å². The van der Waals surface area contributed by atoms with Crippen LogP contribution < -0.4 is 14.4 Å². The first kappa shape index (κ1) is 34.6. The van der Waals surface area contributed by atoms with Crippen LogP contribution in [0.2, 0.25) is 5.02 Å². The van der Waals surface area contributed by atoms with Gasteiger partial charge in [0.05, 0.1) is 22.6 Å². The second-order valence-corrected chi connectivity index (χ2v) is 13.5. The minimum atomic E-state index is -4.66. The summed E-state index contributed by atoms with van der Waals surface area (Å²) in [4.78, 5) is 39.4. The van der Waals surface area contributed by atoms with Crippen molar-refractivity contribution in [3.8, 4) is 5.75 Å². The molecule has 1 atom stereocenters. The van der Waals surface area contributed by atoms with E-state index in [0.717, 1.165) is 42.5 Å². The summed E-state index contributed by atoms with van der Waals surface area (Å²) in [6.45, 7) is 2.07. The third-order valence-corrected chi connectivity index (χ3v) is 10.0. The van der Waals surface area contributed by atoms with Crippen molar-refractivity contribution in [1.29, 1.82) is 0 Å². The standard InChI is InChI=1S/C32H36ClFN4O7S/c1-21-9-15-27(18-28(21)38(41)42)46(43,44)37(29-17-24(33)12-16-30(29)45-3)20-31(39)36(19-23-10-13-25(34)14-11-23)22(2)32(40)35-26-7-5-4-6-8-26/h9-18,22,26H,4-8,19-20H2,1-3H3,(H,35,40). The average Bonchev–Trinajstić information content (AvgIpc) is 3.03. The van der Waals surface area contributed by atoms with Crippen LogP contribution >= 0.6 is 11.6 Å². The number of carbonyl (C=O) groups excluding carboxylic acids is 2. The van der Waals surface area contributed by atoms with Crippen molar-refractivity contribution in [2.45, 2.75) is 69.5 Å². The zero-order valence-corrected chi connectivity index (χ0v) is 27.3. The van der Waals surface area contributed by atoms with Gasteiger partial charge >= 0.3 is 0 Å². The van der Waals surface area contributed by atoms with Crippen molar-refractivity contribution in [3.05, 3.63) is 92.7 Å². The van der Waals surface area contributed by atoms with Gasteiger partial charge in [-0.3, -0.25) is 24.0 Å². The highest BCUT2D eigenvalue weighted by Crippen LogP contribution is 2.36. The normalized spacial score (nSPS) is 14.3. The number of hydrogen-bond acceptors (Lipinski definition) is 7. The first-order valence-corrected chi connectivity index (χ1v) is 16.6. The molecule has 1 aliphatic rings. The summed E-state index contributed by atoms with van der Waals surface area (Å²) in [7, 11) is -3.35. The third kappa shape index (κ3) is 8.13. The third-order valence-electron chi connectivity index (χ3n) is 8.04. The van der Waals surface area contributed by atoms with Crippen LogP contribution in [0.1, 0.15) is 50.2 Å². The van der Waals surface area contributed by atoms with Gasteiger partial charge in [0.1, 0.15) is 24.2 Å². The number of methoxy groups -OCH3 is 1. The average molecular weight is 675 g/mol. The van der Waals surface area contributed by atoms with Crippen molar-refractivity contribution in [2.75, 3.05) is 18.0 Å². The molecule has 14 heteroatoms. The Morgan fingerprint density at radius 2 is 1.76 bits per heavy atom. The summed E-state index contributed by atoms with van der Waals surface area (Å²) < 4.78 is 48.3. The molecule has 3 aromatic rings. The van der Waals surface area contributed by atoms with Gasteiger partial charge in [-0.05, 0) is 68.7 Å². The number of nitrogens with zero attached hydrogens (tertiary/aromatic N) is 3. The quantitative estimate of drug-likeness (QED) is 0.190. The molecule has 3 aromatic carbocycles. The van der Waals surface area contributed by atoms with Gasteiger partial charge in [0.25, 0.3) is 15.7 Å². The second kappa shape index (κ2) is 14.9. The number of hydrogen-bond donors (Lipinski definition) is 1. The number of ether oxygens (including phenoxy) is 1. The molecule has 1 saturated carbocycles. The van der Waals surface area contributed by atoms with Crippen molar-refractivity contribution in [1.82, 2.24) is 10.2 Å². The predicted octanol–water partition coefficient (Wildman–Crippen LogP) is 5.77.